The molecular weight excluding hydrogens is 206 g/mol. The van der Waals surface area contributed by atoms with E-state index in [0.717, 1.165) is 6.42 Å². The van der Waals surface area contributed by atoms with Crippen molar-refractivity contribution in [3.8, 4) is 0 Å². The Morgan fingerprint density at radius 2 is 2.19 bits per heavy atom. The van der Waals surface area contributed by atoms with Crippen molar-refractivity contribution in [2.45, 2.75) is 39.7 Å². The summed E-state index contributed by atoms with van der Waals surface area (Å²) in [5, 5.41) is 3.86. The highest BCUT2D eigenvalue weighted by atomic mass is 16.5. The Balaban J connectivity index is 2.59. The summed E-state index contributed by atoms with van der Waals surface area (Å²) in [6.07, 6.45) is 0.965. The number of hydrogen-bond donors (Lipinski definition) is 1. The average Bonchev–Trinajstić information content (AvgIpc) is 2.71. The van der Waals surface area contributed by atoms with Crippen LogP contribution in [0.2, 0.25) is 0 Å². The van der Waals surface area contributed by atoms with Gasteiger partial charge in [-0.25, -0.2) is 0 Å². The minimum atomic E-state index is 0.155. The van der Waals surface area contributed by atoms with Crippen molar-refractivity contribution in [1.82, 2.24) is 10.1 Å². The van der Waals surface area contributed by atoms with Gasteiger partial charge in [-0.15, -0.1) is 0 Å². The van der Waals surface area contributed by atoms with Crippen LogP contribution in [0.15, 0.2) is 4.52 Å². The average molecular weight is 227 g/mol. The molecule has 1 heterocycles. The van der Waals surface area contributed by atoms with E-state index in [4.69, 9.17) is 15.0 Å². The summed E-state index contributed by atoms with van der Waals surface area (Å²) in [6.45, 7) is 7.83. The normalized spacial score (nSPS) is 13.3. The van der Waals surface area contributed by atoms with Crippen molar-refractivity contribution in [3.05, 3.63) is 11.7 Å². The molecule has 0 spiro atoms. The molecule has 0 bridgehead atoms. The van der Waals surface area contributed by atoms with Gasteiger partial charge in [0, 0.05) is 13.2 Å². The van der Waals surface area contributed by atoms with Crippen LogP contribution in [-0.2, 0) is 11.3 Å². The minimum absolute atomic E-state index is 0.155. The summed E-state index contributed by atoms with van der Waals surface area (Å²) < 4.78 is 10.4. The summed E-state index contributed by atoms with van der Waals surface area (Å²) in [4.78, 5) is 4.29. The third kappa shape index (κ3) is 3.90. The molecule has 5 nitrogen and oxygen atoms in total. The minimum Gasteiger partial charge on any atom is -0.374 e. The molecule has 0 radical (unpaired) electrons. The summed E-state index contributed by atoms with van der Waals surface area (Å²) >= 11 is 0. The molecule has 92 valence electrons. The quantitative estimate of drug-likeness (QED) is 0.767. The first-order chi connectivity index (χ1) is 7.67. The Hall–Kier alpha value is -0.940. The highest BCUT2D eigenvalue weighted by Gasteiger charge is 2.18. The van der Waals surface area contributed by atoms with Crippen molar-refractivity contribution in [2.75, 3.05) is 13.2 Å². The lowest BCUT2D eigenvalue weighted by atomic mass is 9.97. The predicted octanol–water partition coefficient (Wildman–Crippen LogP) is 1.69. The number of ether oxygens (including phenoxy) is 1. The van der Waals surface area contributed by atoms with E-state index in [0.29, 0.717) is 37.4 Å². The van der Waals surface area contributed by atoms with Crippen LogP contribution in [0, 0.1) is 5.92 Å². The van der Waals surface area contributed by atoms with Crippen LogP contribution in [0.25, 0.3) is 0 Å². The fourth-order valence-electron chi connectivity index (χ4n) is 1.55. The molecule has 0 aliphatic carbocycles. The fourth-order valence-corrected chi connectivity index (χ4v) is 1.55. The van der Waals surface area contributed by atoms with Gasteiger partial charge < -0.3 is 15.0 Å². The summed E-state index contributed by atoms with van der Waals surface area (Å²) in [6, 6.07) is 0. The predicted molar refractivity (Wildman–Crippen MR) is 60.9 cm³/mol. The second kappa shape index (κ2) is 6.60. The maximum atomic E-state index is 5.70. The van der Waals surface area contributed by atoms with Crippen LogP contribution in [0.1, 0.15) is 44.8 Å². The first kappa shape index (κ1) is 13.1. The number of nitrogens with two attached hydrogens (primary N) is 1. The molecule has 16 heavy (non-hydrogen) atoms. The van der Waals surface area contributed by atoms with Gasteiger partial charge in [-0.05, 0) is 19.3 Å². The Kier molecular flexibility index (Phi) is 5.42. The number of nitrogens with zero attached hydrogens (tertiary/aromatic N) is 2. The molecule has 0 aliphatic heterocycles. The Bertz CT molecular complexity index is 299. The van der Waals surface area contributed by atoms with E-state index in [1.165, 1.54) is 0 Å². The standard InChI is InChI=1S/C11H21N3O2/c1-4-15-7-10-13-11(16-14-10)9(6-12)5-8(2)3/h8-9H,4-7,12H2,1-3H3. The number of aromatic nitrogens is 2. The highest BCUT2D eigenvalue weighted by molar-refractivity contribution is 4.94. The lowest BCUT2D eigenvalue weighted by Crippen LogP contribution is -2.15. The third-order valence-electron chi connectivity index (χ3n) is 2.31. The lowest BCUT2D eigenvalue weighted by Gasteiger charge is -2.11. The molecule has 0 fully saturated rings. The molecule has 1 unspecified atom stereocenters. The van der Waals surface area contributed by atoms with Crippen molar-refractivity contribution < 1.29 is 9.26 Å². The monoisotopic (exact) mass is 227 g/mol. The Morgan fingerprint density at radius 3 is 2.75 bits per heavy atom. The number of hydrogen-bond acceptors (Lipinski definition) is 5. The molecule has 2 N–H and O–H groups in total. The highest BCUT2D eigenvalue weighted by Crippen LogP contribution is 2.21. The van der Waals surface area contributed by atoms with Gasteiger partial charge in [-0.1, -0.05) is 19.0 Å². The zero-order chi connectivity index (χ0) is 12.0. The van der Waals surface area contributed by atoms with Crippen LogP contribution < -0.4 is 5.73 Å². The van der Waals surface area contributed by atoms with Crippen molar-refractivity contribution in [3.63, 3.8) is 0 Å². The second-order valence-corrected chi connectivity index (χ2v) is 4.25. The third-order valence-corrected chi connectivity index (χ3v) is 2.31. The summed E-state index contributed by atoms with van der Waals surface area (Å²) in [7, 11) is 0. The van der Waals surface area contributed by atoms with Crippen molar-refractivity contribution >= 4 is 0 Å². The Morgan fingerprint density at radius 1 is 1.44 bits per heavy atom. The SMILES string of the molecule is CCOCc1noc(C(CN)CC(C)C)n1. The van der Waals surface area contributed by atoms with Gasteiger partial charge in [0.2, 0.25) is 5.89 Å². The molecule has 0 aliphatic rings. The van der Waals surface area contributed by atoms with E-state index in [1.807, 2.05) is 6.92 Å². The maximum absolute atomic E-state index is 5.70. The molecule has 1 atom stereocenters. The van der Waals surface area contributed by atoms with E-state index in [1.54, 1.807) is 0 Å². The van der Waals surface area contributed by atoms with Gasteiger partial charge in [0.25, 0.3) is 0 Å². The topological polar surface area (TPSA) is 74.2 Å². The summed E-state index contributed by atoms with van der Waals surface area (Å²) in [5.41, 5.74) is 5.70. The van der Waals surface area contributed by atoms with Gasteiger partial charge in [-0.3, -0.25) is 0 Å². The molecule has 5 heteroatoms. The second-order valence-electron chi connectivity index (χ2n) is 4.25. The smallest absolute Gasteiger partial charge is 0.231 e. The van der Waals surface area contributed by atoms with Gasteiger partial charge in [0.1, 0.15) is 6.61 Å². The van der Waals surface area contributed by atoms with Gasteiger partial charge in [0.05, 0.1) is 5.92 Å². The molecule has 0 saturated heterocycles. The van der Waals surface area contributed by atoms with Crippen molar-refractivity contribution in [1.29, 1.82) is 0 Å². The van der Waals surface area contributed by atoms with Crippen LogP contribution >= 0.6 is 0 Å². The van der Waals surface area contributed by atoms with Gasteiger partial charge in [0.15, 0.2) is 5.82 Å². The summed E-state index contributed by atoms with van der Waals surface area (Å²) in [5.74, 6) is 1.95. The van der Waals surface area contributed by atoms with Gasteiger partial charge >= 0.3 is 0 Å². The zero-order valence-electron chi connectivity index (χ0n) is 10.3. The van der Waals surface area contributed by atoms with Crippen LogP contribution in [0.3, 0.4) is 0 Å². The Labute approximate surface area is 96.4 Å². The first-order valence-electron chi connectivity index (χ1n) is 5.77. The molecule has 0 amide bonds. The number of rotatable bonds is 7. The molecule has 0 aromatic carbocycles. The first-order valence-corrected chi connectivity index (χ1v) is 5.77. The van der Waals surface area contributed by atoms with E-state index < -0.39 is 0 Å². The largest absolute Gasteiger partial charge is 0.374 e. The molecule has 1 rings (SSSR count). The fraction of sp³-hybridized carbons (Fsp3) is 0.818. The molecule has 0 saturated carbocycles. The maximum Gasteiger partial charge on any atom is 0.231 e. The van der Waals surface area contributed by atoms with E-state index in [2.05, 4.69) is 24.0 Å². The lowest BCUT2D eigenvalue weighted by molar-refractivity contribution is 0.126. The zero-order valence-corrected chi connectivity index (χ0v) is 10.3. The van der Waals surface area contributed by atoms with E-state index in [-0.39, 0.29) is 5.92 Å². The van der Waals surface area contributed by atoms with Crippen LogP contribution in [0.5, 0.6) is 0 Å². The molecule has 1 aromatic heterocycles. The molecule has 1 aromatic rings. The van der Waals surface area contributed by atoms with Crippen LogP contribution in [0.4, 0.5) is 0 Å². The van der Waals surface area contributed by atoms with Crippen LogP contribution in [-0.4, -0.2) is 23.3 Å². The van der Waals surface area contributed by atoms with Crippen molar-refractivity contribution in [2.24, 2.45) is 11.7 Å². The van der Waals surface area contributed by atoms with E-state index >= 15 is 0 Å². The van der Waals surface area contributed by atoms with Gasteiger partial charge in [-0.2, -0.15) is 4.98 Å². The molecular formula is C11H21N3O2. The van der Waals surface area contributed by atoms with E-state index in [9.17, 15) is 0 Å².